The molecule has 0 saturated carbocycles. The molecule has 1 fully saturated rings. The Morgan fingerprint density at radius 2 is 1.79 bits per heavy atom. The van der Waals surface area contributed by atoms with Crippen LogP contribution in [-0.2, 0) is 16.2 Å². The highest BCUT2D eigenvalue weighted by Gasteiger charge is 2.34. The van der Waals surface area contributed by atoms with Gasteiger partial charge in [-0.25, -0.2) is 18.4 Å². The Labute approximate surface area is 169 Å². The first-order valence-corrected chi connectivity index (χ1v) is 10.4. The third kappa shape index (κ3) is 4.51. The molecular weight excluding hydrogens is 440 g/mol. The standard InChI is InChI=1S/C16H15Cl2F3N4O2S/c17-11-2-3-13(12(18)10-11)28(26,27)25-7-1-6-24(8-9-25)15-22-5-4-14(23-15)16(19,20)21/h2-5,10H,1,6-9H2. The summed E-state index contributed by atoms with van der Waals surface area (Å²) in [7, 11) is -3.87. The van der Waals surface area contributed by atoms with Crippen LogP contribution in [0.15, 0.2) is 35.4 Å². The average molecular weight is 455 g/mol. The van der Waals surface area contributed by atoms with Gasteiger partial charge in [0.1, 0.15) is 10.6 Å². The highest BCUT2D eigenvalue weighted by Crippen LogP contribution is 2.30. The number of alkyl halides is 3. The van der Waals surface area contributed by atoms with Gasteiger partial charge in [0.25, 0.3) is 0 Å². The minimum Gasteiger partial charge on any atom is -0.339 e. The van der Waals surface area contributed by atoms with Crippen molar-refractivity contribution in [2.75, 3.05) is 31.1 Å². The Kier molecular flexibility index (Phi) is 6.04. The molecule has 0 spiro atoms. The van der Waals surface area contributed by atoms with Crippen molar-refractivity contribution in [2.24, 2.45) is 0 Å². The van der Waals surface area contributed by atoms with E-state index in [1.807, 2.05) is 0 Å². The van der Waals surface area contributed by atoms with Gasteiger partial charge in [-0.05, 0) is 30.7 Å². The molecule has 0 bridgehead atoms. The molecular formula is C16H15Cl2F3N4O2S. The van der Waals surface area contributed by atoms with Crippen LogP contribution in [0.1, 0.15) is 12.1 Å². The molecule has 2 heterocycles. The maximum absolute atomic E-state index is 12.9. The van der Waals surface area contributed by atoms with Gasteiger partial charge >= 0.3 is 6.18 Å². The fraction of sp³-hybridized carbons (Fsp3) is 0.375. The molecule has 0 amide bonds. The predicted octanol–water partition coefficient (Wildman–Crippen LogP) is 3.70. The third-order valence-corrected chi connectivity index (χ3v) is 6.80. The number of hydrogen-bond donors (Lipinski definition) is 0. The van der Waals surface area contributed by atoms with Crippen molar-refractivity contribution in [3.8, 4) is 0 Å². The third-order valence-electron chi connectivity index (χ3n) is 4.18. The van der Waals surface area contributed by atoms with Gasteiger partial charge in [-0.3, -0.25) is 0 Å². The molecule has 12 heteroatoms. The summed E-state index contributed by atoms with van der Waals surface area (Å²) in [4.78, 5) is 8.93. The zero-order valence-corrected chi connectivity index (χ0v) is 16.7. The summed E-state index contributed by atoms with van der Waals surface area (Å²) in [6, 6.07) is 4.90. The Balaban J connectivity index is 1.80. The van der Waals surface area contributed by atoms with Gasteiger partial charge in [0.2, 0.25) is 16.0 Å². The van der Waals surface area contributed by atoms with E-state index in [4.69, 9.17) is 23.2 Å². The zero-order valence-electron chi connectivity index (χ0n) is 14.3. The molecule has 3 rings (SSSR count). The van der Waals surface area contributed by atoms with Gasteiger partial charge in [0.15, 0.2) is 0 Å². The molecule has 1 saturated heterocycles. The van der Waals surface area contributed by atoms with Gasteiger partial charge in [-0.15, -0.1) is 0 Å². The number of sulfonamides is 1. The molecule has 1 aliphatic rings. The Hall–Kier alpha value is -1.62. The molecule has 1 aromatic heterocycles. The van der Waals surface area contributed by atoms with Crippen LogP contribution in [0.3, 0.4) is 0 Å². The molecule has 0 radical (unpaired) electrons. The molecule has 1 aromatic carbocycles. The quantitative estimate of drug-likeness (QED) is 0.707. The van der Waals surface area contributed by atoms with Crippen LogP contribution >= 0.6 is 23.2 Å². The largest absolute Gasteiger partial charge is 0.433 e. The molecule has 0 unspecified atom stereocenters. The first-order chi connectivity index (χ1) is 13.1. The monoisotopic (exact) mass is 454 g/mol. The molecule has 0 aliphatic carbocycles. The van der Waals surface area contributed by atoms with E-state index in [2.05, 4.69) is 9.97 Å². The average Bonchev–Trinajstić information content (AvgIpc) is 2.87. The number of aromatic nitrogens is 2. The van der Waals surface area contributed by atoms with Crippen molar-refractivity contribution in [1.82, 2.24) is 14.3 Å². The van der Waals surface area contributed by atoms with Crippen molar-refractivity contribution in [1.29, 1.82) is 0 Å². The van der Waals surface area contributed by atoms with Crippen LogP contribution in [0.5, 0.6) is 0 Å². The second-order valence-electron chi connectivity index (χ2n) is 6.06. The van der Waals surface area contributed by atoms with E-state index >= 15 is 0 Å². The summed E-state index contributed by atoms with van der Waals surface area (Å²) in [5, 5.41) is 0.322. The van der Waals surface area contributed by atoms with Crippen LogP contribution in [0.4, 0.5) is 19.1 Å². The number of benzene rings is 1. The second kappa shape index (κ2) is 8.02. The van der Waals surface area contributed by atoms with Crippen LogP contribution in [-0.4, -0.2) is 48.9 Å². The van der Waals surface area contributed by atoms with E-state index in [9.17, 15) is 21.6 Å². The van der Waals surface area contributed by atoms with Gasteiger partial charge in [-0.2, -0.15) is 17.5 Å². The SMILES string of the molecule is O=S(=O)(c1ccc(Cl)cc1Cl)N1CCCN(c2nccc(C(F)(F)F)n2)CC1. The number of nitrogens with zero attached hydrogens (tertiary/aromatic N) is 4. The number of halogens is 5. The van der Waals surface area contributed by atoms with Gasteiger partial charge < -0.3 is 4.90 Å². The van der Waals surface area contributed by atoms with E-state index < -0.39 is 21.9 Å². The normalized spacial score (nSPS) is 16.8. The van der Waals surface area contributed by atoms with Crippen molar-refractivity contribution in [3.05, 3.63) is 46.2 Å². The molecule has 28 heavy (non-hydrogen) atoms. The summed E-state index contributed by atoms with van der Waals surface area (Å²) < 4.78 is 65.7. The number of anilines is 1. The summed E-state index contributed by atoms with van der Waals surface area (Å²) in [6.45, 7) is 0.713. The van der Waals surface area contributed by atoms with E-state index in [0.29, 0.717) is 18.0 Å². The molecule has 1 aliphatic heterocycles. The highest BCUT2D eigenvalue weighted by atomic mass is 35.5. The van der Waals surface area contributed by atoms with Gasteiger partial charge in [0.05, 0.1) is 5.02 Å². The molecule has 152 valence electrons. The lowest BCUT2D eigenvalue weighted by Crippen LogP contribution is -2.35. The molecule has 0 atom stereocenters. The Bertz CT molecular complexity index is 973. The lowest BCUT2D eigenvalue weighted by Gasteiger charge is -2.22. The Morgan fingerprint density at radius 3 is 2.46 bits per heavy atom. The zero-order chi connectivity index (χ0) is 20.5. The van der Waals surface area contributed by atoms with Crippen molar-refractivity contribution in [2.45, 2.75) is 17.5 Å². The Morgan fingerprint density at radius 1 is 1.04 bits per heavy atom. The van der Waals surface area contributed by atoms with E-state index in [1.54, 1.807) is 0 Å². The van der Waals surface area contributed by atoms with Crippen LogP contribution < -0.4 is 4.90 Å². The molecule has 2 aromatic rings. The van der Waals surface area contributed by atoms with E-state index in [1.165, 1.54) is 27.4 Å². The summed E-state index contributed by atoms with van der Waals surface area (Å²) >= 11 is 11.8. The maximum atomic E-state index is 12.9. The van der Waals surface area contributed by atoms with E-state index in [0.717, 1.165) is 12.3 Å². The first kappa shape index (κ1) is 21.1. The minimum atomic E-state index is -4.58. The summed E-state index contributed by atoms with van der Waals surface area (Å²) in [5.74, 6) is -0.0846. The number of rotatable bonds is 3. The summed E-state index contributed by atoms with van der Waals surface area (Å²) in [5.41, 5.74) is -1.04. The smallest absolute Gasteiger partial charge is 0.339 e. The maximum Gasteiger partial charge on any atom is 0.433 e. The van der Waals surface area contributed by atoms with Crippen molar-refractivity contribution >= 4 is 39.2 Å². The summed E-state index contributed by atoms with van der Waals surface area (Å²) in [6.07, 6.45) is -3.15. The van der Waals surface area contributed by atoms with E-state index in [-0.39, 0.29) is 35.5 Å². The fourth-order valence-corrected chi connectivity index (χ4v) is 5.03. The molecule has 0 N–H and O–H groups in total. The van der Waals surface area contributed by atoms with Gasteiger partial charge in [-0.1, -0.05) is 23.2 Å². The fourth-order valence-electron chi connectivity index (χ4n) is 2.82. The highest BCUT2D eigenvalue weighted by molar-refractivity contribution is 7.89. The lowest BCUT2D eigenvalue weighted by atomic mass is 10.4. The molecule has 6 nitrogen and oxygen atoms in total. The topological polar surface area (TPSA) is 66.4 Å². The van der Waals surface area contributed by atoms with Crippen LogP contribution in [0, 0.1) is 0 Å². The lowest BCUT2D eigenvalue weighted by molar-refractivity contribution is -0.141. The van der Waals surface area contributed by atoms with Crippen LogP contribution in [0.2, 0.25) is 10.0 Å². The van der Waals surface area contributed by atoms with Crippen molar-refractivity contribution < 1.29 is 21.6 Å². The predicted molar refractivity (Wildman–Crippen MR) is 99.1 cm³/mol. The van der Waals surface area contributed by atoms with Gasteiger partial charge in [0, 0.05) is 37.4 Å². The first-order valence-electron chi connectivity index (χ1n) is 8.19. The number of hydrogen-bond acceptors (Lipinski definition) is 5. The second-order valence-corrected chi connectivity index (χ2v) is 8.81. The van der Waals surface area contributed by atoms with Crippen molar-refractivity contribution in [3.63, 3.8) is 0 Å². The van der Waals surface area contributed by atoms with Crippen LogP contribution in [0.25, 0.3) is 0 Å². The minimum absolute atomic E-state index is 0.00909.